The second kappa shape index (κ2) is 4.94. The molecule has 4 heteroatoms. The van der Waals surface area contributed by atoms with Crippen molar-refractivity contribution >= 4 is 5.91 Å². The predicted molar refractivity (Wildman–Crippen MR) is 57.6 cm³/mol. The summed E-state index contributed by atoms with van der Waals surface area (Å²) in [7, 11) is 0. The van der Waals surface area contributed by atoms with E-state index >= 15 is 0 Å². The van der Waals surface area contributed by atoms with E-state index in [0.29, 0.717) is 5.92 Å². The quantitative estimate of drug-likeness (QED) is 0.712. The van der Waals surface area contributed by atoms with Crippen molar-refractivity contribution in [1.82, 2.24) is 10.2 Å². The Morgan fingerprint density at radius 3 is 2.93 bits per heavy atom. The Bertz CT molecular complexity index is 227. The van der Waals surface area contributed by atoms with E-state index in [1.807, 2.05) is 11.8 Å². The molecule has 0 aliphatic carbocycles. The molecule has 2 aliphatic heterocycles. The number of rotatable bonds is 2. The number of ether oxygens (including phenoxy) is 1. The molecular formula is C11H20N2O2. The summed E-state index contributed by atoms with van der Waals surface area (Å²) in [6, 6.07) is -0.00131. The number of nitrogens with zero attached hydrogens (tertiary/aromatic N) is 1. The van der Waals surface area contributed by atoms with Crippen LogP contribution in [0.4, 0.5) is 0 Å². The summed E-state index contributed by atoms with van der Waals surface area (Å²) in [6.45, 7) is 6.38. The molecule has 15 heavy (non-hydrogen) atoms. The Hall–Kier alpha value is -0.610. The van der Waals surface area contributed by atoms with Crippen LogP contribution in [-0.4, -0.2) is 49.7 Å². The van der Waals surface area contributed by atoms with Crippen LogP contribution in [0.2, 0.25) is 0 Å². The summed E-state index contributed by atoms with van der Waals surface area (Å²) in [5.74, 6) is 0.903. The predicted octanol–water partition coefficient (Wildman–Crippen LogP) is 0.233. The largest absolute Gasteiger partial charge is 0.381 e. The number of carbonyl (C=O) groups excluding carboxylic acids is 1. The van der Waals surface area contributed by atoms with Crippen molar-refractivity contribution in [2.45, 2.75) is 25.8 Å². The van der Waals surface area contributed by atoms with Crippen LogP contribution in [0.1, 0.15) is 19.8 Å². The Balaban J connectivity index is 1.84. The van der Waals surface area contributed by atoms with Gasteiger partial charge in [0.1, 0.15) is 0 Å². The van der Waals surface area contributed by atoms with Gasteiger partial charge in [0.05, 0.1) is 6.04 Å². The maximum Gasteiger partial charge on any atom is 0.239 e. The molecule has 0 spiro atoms. The average Bonchev–Trinajstić information content (AvgIpc) is 2.26. The van der Waals surface area contributed by atoms with Crippen LogP contribution in [0, 0.1) is 5.92 Å². The number of piperazine rings is 1. The molecule has 2 saturated heterocycles. The molecule has 2 fully saturated rings. The highest BCUT2D eigenvalue weighted by molar-refractivity contribution is 5.82. The van der Waals surface area contributed by atoms with Crippen LogP contribution in [0.15, 0.2) is 0 Å². The molecule has 0 bridgehead atoms. The van der Waals surface area contributed by atoms with Crippen molar-refractivity contribution in [3.63, 3.8) is 0 Å². The van der Waals surface area contributed by atoms with E-state index in [4.69, 9.17) is 4.74 Å². The lowest BCUT2D eigenvalue weighted by molar-refractivity contribution is -0.136. The zero-order valence-corrected chi connectivity index (χ0v) is 9.37. The van der Waals surface area contributed by atoms with E-state index < -0.39 is 0 Å². The molecule has 86 valence electrons. The summed E-state index contributed by atoms with van der Waals surface area (Å²) < 4.78 is 5.32. The normalized spacial score (nSPS) is 29.5. The van der Waals surface area contributed by atoms with Crippen molar-refractivity contribution in [2.24, 2.45) is 5.92 Å². The second-order valence-corrected chi connectivity index (χ2v) is 4.52. The average molecular weight is 212 g/mol. The van der Waals surface area contributed by atoms with E-state index in [0.717, 1.165) is 45.7 Å². The van der Waals surface area contributed by atoms with Gasteiger partial charge in [0.25, 0.3) is 0 Å². The topological polar surface area (TPSA) is 41.6 Å². The van der Waals surface area contributed by atoms with Gasteiger partial charge in [-0.3, -0.25) is 4.79 Å². The maximum atomic E-state index is 11.8. The molecule has 0 aromatic carbocycles. The van der Waals surface area contributed by atoms with Gasteiger partial charge in [-0.15, -0.1) is 0 Å². The van der Waals surface area contributed by atoms with Gasteiger partial charge in [-0.05, 0) is 25.7 Å². The standard InChI is InChI=1S/C11H20N2O2/c1-9-11(14)13(5-4-12-9)8-10-2-6-15-7-3-10/h9-10,12H,2-8H2,1H3. The van der Waals surface area contributed by atoms with Crippen molar-refractivity contribution in [3.05, 3.63) is 0 Å². The van der Waals surface area contributed by atoms with Gasteiger partial charge in [0.15, 0.2) is 0 Å². The van der Waals surface area contributed by atoms with E-state index in [9.17, 15) is 4.79 Å². The van der Waals surface area contributed by atoms with Crippen LogP contribution in [0.25, 0.3) is 0 Å². The van der Waals surface area contributed by atoms with Crippen LogP contribution in [-0.2, 0) is 9.53 Å². The van der Waals surface area contributed by atoms with E-state index in [1.54, 1.807) is 0 Å². The fourth-order valence-corrected chi connectivity index (χ4v) is 2.31. The highest BCUT2D eigenvalue weighted by atomic mass is 16.5. The van der Waals surface area contributed by atoms with Gasteiger partial charge in [-0.2, -0.15) is 0 Å². The Kier molecular flexibility index (Phi) is 3.59. The third kappa shape index (κ3) is 2.69. The number of nitrogens with one attached hydrogen (secondary N) is 1. The van der Waals surface area contributed by atoms with Crippen LogP contribution >= 0.6 is 0 Å². The SMILES string of the molecule is CC1NCCN(CC2CCOCC2)C1=O. The summed E-state index contributed by atoms with van der Waals surface area (Å²) >= 11 is 0. The molecule has 0 aromatic heterocycles. The Morgan fingerprint density at radius 1 is 1.47 bits per heavy atom. The fraction of sp³-hybridized carbons (Fsp3) is 0.909. The molecular weight excluding hydrogens is 192 g/mol. The summed E-state index contributed by atoms with van der Waals surface area (Å²) in [6.07, 6.45) is 2.21. The molecule has 1 N–H and O–H groups in total. The van der Waals surface area contributed by atoms with Crippen molar-refractivity contribution in [3.8, 4) is 0 Å². The fourth-order valence-electron chi connectivity index (χ4n) is 2.31. The van der Waals surface area contributed by atoms with Gasteiger partial charge in [0.2, 0.25) is 5.91 Å². The number of hydrogen-bond donors (Lipinski definition) is 1. The minimum Gasteiger partial charge on any atom is -0.381 e. The number of carbonyl (C=O) groups is 1. The van der Waals surface area contributed by atoms with Gasteiger partial charge in [0, 0.05) is 32.8 Å². The number of amides is 1. The maximum absolute atomic E-state index is 11.8. The summed E-state index contributed by atoms with van der Waals surface area (Å²) in [4.78, 5) is 13.8. The van der Waals surface area contributed by atoms with Gasteiger partial charge in [-0.1, -0.05) is 0 Å². The van der Waals surface area contributed by atoms with E-state index in [1.165, 1.54) is 0 Å². The highest BCUT2D eigenvalue weighted by Gasteiger charge is 2.27. The molecule has 2 aliphatic rings. The third-order valence-electron chi connectivity index (χ3n) is 3.33. The highest BCUT2D eigenvalue weighted by Crippen LogP contribution is 2.17. The minimum absolute atomic E-state index is 0.00131. The lowest BCUT2D eigenvalue weighted by Crippen LogP contribution is -2.54. The first kappa shape index (κ1) is 10.9. The molecule has 4 nitrogen and oxygen atoms in total. The monoisotopic (exact) mass is 212 g/mol. The van der Waals surface area contributed by atoms with Gasteiger partial charge < -0.3 is 15.0 Å². The first-order valence-corrected chi connectivity index (χ1v) is 5.87. The molecule has 0 saturated carbocycles. The number of hydrogen-bond acceptors (Lipinski definition) is 3. The smallest absolute Gasteiger partial charge is 0.239 e. The molecule has 2 rings (SSSR count). The van der Waals surface area contributed by atoms with Crippen LogP contribution in [0.3, 0.4) is 0 Å². The van der Waals surface area contributed by atoms with Crippen molar-refractivity contribution in [2.75, 3.05) is 32.8 Å². The lowest BCUT2D eigenvalue weighted by Gasteiger charge is -2.35. The molecule has 2 heterocycles. The molecule has 0 radical (unpaired) electrons. The minimum atomic E-state index is -0.00131. The first-order chi connectivity index (χ1) is 7.27. The zero-order chi connectivity index (χ0) is 10.7. The zero-order valence-electron chi connectivity index (χ0n) is 9.37. The lowest BCUT2D eigenvalue weighted by atomic mass is 9.99. The molecule has 1 amide bonds. The van der Waals surface area contributed by atoms with E-state index in [-0.39, 0.29) is 11.9 Å². The van der Waals surface area contributed by atoms with E-state index in [2.05, 4.69) is 5.32 Å². The van der Waals surface area contributed by atoms with Crippen molar-refractivity contribution < 1.29 is 9.53 Å². The van der Waals surface area contributed by atoms with Crippen LogP contribution < -0.4 is 5.32 Å². The second-order valence-electron chi connectivity index (χ2n) is 4.52. The third-order valence-corrected chi connectivity index (χ3v) is 3.33. The van der Waals surface area contributed by atoms with Gasteiger partial charge in [-0.25, -0.2) is 0 Å². The Morgan fingerprint density at radius 2 is 2.20 bits per heavy atom. The first-order valence-electron chi connectivity index (χ1n) is 5.87. The Labute approximate surface area is 91.0 Å². The van der Waals surface area contributed by atoms with Crippen LogP contribution in [0.5, 0.6) is 0 Å². The van der Waals surface area contributed by atoms with Gasteiger partial charge >= 0.3 is 0 Å². The van der Waals surface area contributed by atoms with Crippen molar-refractivity contribution in [1.29, 1.82) is 0 Å². The summed E-state index contributed by atoms with van der Waals surface area (Å²) in [5.41, 5.74) is 0. The molecule has 1 atom stereocenters. The molecule has 1 unspecified atom stereocenters. The summed E-state index contributed by atoms with van der Waals surface area (Å²) in [5, 5.41) is 3.18. The molecule has 0 aromatic rings.